The third-order valence-corrected chi connectivity index (χ3v) is 5.57. The lowest BCUT2D eigenvalue weighted by molar-refractivity contribution is 0.150. The van der Waals surface area contributed by atoms with Crippen molar-refractivity contribution in [3.05, 3.63) is 0 Å². The molecule has 0 aromatic carbocycles. The number of aliphatic hydroxyl groups is 1. The molecule has 1 aliphatic heterocycles. The van der Waals surface area contributed by atoms with Crippen molar-refractivity contribution < 1.29 is 18.3 Å². The zero-order valence-electron chi connectivity index (χ0n) is 10.2. The van der Waals surface area contributed by atoms with Gasteiger partial charge in [-0.3, -0.25) is 0 Å². The van der Waals surface area contributed by atoms with E-state index < -0.39 is 15.9 Å². The average Bonchev–Trinajstić information content (AvgIpc) is 2.96. The molecule has 0 aromatic heterocycles. The van der Waals surface area contributed by atoms with Crippen molar-refractivity contribution in [3.63, 3.8) is 0 Å². The van der Waals surface area contributed by atoms with Crippen molar-refractivity contribution in [1.82, 2.24) is 5.32 Å². The second kappa shape index (κ2) is 4.84. The van der Waals surface area contributed by atoms with Crippen LogP contribution in [0.2, 0.25) is 0 Å². The maximum atomic E-state index is 11.3. The Morgan fingerprint density at radius 3 is 2.59 bits per heavy atom. The van der Waals surface area contributed by atoms with Crippen LogP contribution in [0.1, 0.15) is 19.3 Å². The minimum absolute atomic E-state index is 0.0640. The van der Waals surface area contributed by atoms with Crippen LogP contribution in [0.25, 0.3) is 0 Å². The molecule has 2 aliphatic rings. The fraction of sp³-hybridized carbons (Fsp3) is 1.00. The summed E-state index contributed by atoms with van der Waals surface area (Å²) in [6.45, 7) is 1.53. The number of nitrogens with one attached hydrogen (secondary N) is 1. The lowest BCUT2D eigenvalue weighted by Crippen LogP contribution is -2.42. The molecule has 0 amide bonds. The van der Waals surface area contributed by atoms with Crippen LogP contribution in [0.15, 0.2) is 0 Å². The van der Waals surface area contributed by atoms with Crippen LogP contribution in [0.4, 0.5) is 0 Å². The summed E-state index contributed by atoms with van der Waals surface area (Å²) >= 11 is 0. The monoisotopic (exact) mass is 263 g/mol. The number of hydrogen-bond donors (Lipinski definition) is 2. The Balaban J connectivity index is 1.79. The Hall–Kier alpha value is -0.170. The fourth-order valence-electron chi connectivity index (χ4n) is 2.38. The van der Waals surface area contributed by atoms with Gasteiger partial charge in [0.1, 0.15) is 0 Å². The van der Waals surface area contributed by atoms with Crippen LogP contribution < -0.4 is 5.32 Å². The van der Waals surface area contributed by atoms with Crippen LogP contribution in [0.5, 0.6) is 0 Å². The van der Waals surface area contributed by atoms with Crippen molar-refractivity contribution in [2.24, 2.45) is 5.41 Å². The molecule has 0 spiro atoms. The average molecular weight is 263 g/mol. The van der Waals surface area contributed by atoms with E-state index in [2.05, 4.69) is 5.32 Å². The van der Waals surface area contributed by atoms with E-state index in [1.807, 2.05) is 0 Å². The van der Waals surface area contributed by atoms with E-state index in [0.717, 1.165) is 19.6 Å². The molecule has 5 nitrogen and oxygen atoms in total. The first-order valence-corrected chi connectivity index (χ1v) is 7.89. The van der Waals surface area contributed by atoms with Gasteiger partial charge < -0.3 is 15.2 Å². The van der Waals surface area contributed by atoms with E-state index in [1.165, 1.54) is 12.8 Å². The van der Waals surface area contributed by atoms with E-state index in [-0.39, 0.29) is 23.0 Å². The molecule has 0 aromatic rings. The molecule has 6 heteroatoms. The summed E-state index contributed by atoms with van der Waals surface area (Å²) in [6.07, 6.45) is 2.59. The zero-order chi connectivity index (χ0) is 12.5. The van der Waals surface area contributed by atoms with Gasteiger partial charge in [0, 0.05) is 26.3 Å². The fourth-order valence-corrected chi connectivity index (χ4v) is 4.16. The van der Waals surface area contributed by atoms with Gasteiger partial charge in [-0.15, -0.1) is 0 Å². The van der Waals surface area contributed by atoms with Gasteiger partial charge in [0.05, 0.1) is 17.6 Å². The molecule has 2 unspecified atom stereocenters. The highest BCUT2D eigenvalue weighted by Gasteiger charge is 2.44. The maximum absolute atomic E-state index is 11.3. The van der Waals surface area contributed by atoms with Gasteiger partial charge in [-0.05, 0) is 24.7 Å². The van der Waals surface area contributed by atoms with Gasteiger partial charge >= 0.3 is 0 Å². The number of methoxy groups -OCH3 is 1. The third kappa shape index (κ3) is 3.40. The van der Waals surface area contributed by atoms with Crippen molar-refractivity contribution in [1.29, 1.82) is 0 Å². The normalized spacial score (nSPS) is 33.8. The highest BCUT2D eigenvalue weighted by atomic mass is 32.2. The molecule has 0 radical (unpaired) electrons. The summed E-state index contributed by atoms with van der Waals surface area (Å²) in [6, 6.07) is -0.292. The Morgan fingerprint density at radius 2 is 2.12 bits per heavy atom. The molecule has 1 saturated heterocycles. The standard InChI is InChI=1S/C11H21NO4S/c1-16-5-4-11(2-3-11)8-12-9-6-17(14,15)7-10(9)13/h9-10,12-13H,2-8H2,1H3. The molecular formula is C11H21NO4S. The lowest BCUT2D eigenvalue weighted by Gasteiger charge is -2.20. The molecule has 1 heterocycles. The lowest BCUT2D eigenvalue weighted by atomic mass is 10.0. The first-order chi connectivity index (χ1) is 7.96. The van der Waals surface area contributed by atoms with Crippen molar-refractivity contribution >= 4 is 9.84 Å². The minimum Gasteiger partial charge on any atom is -0.390 e. The van der Waals surface area contributed by atoms with Gasteiger partial charge in [0.25, 0.3) is 0 Å². The SMILES string of the molecule is COCCC1(CNC2CS(=O)(=O)CC2O)CC1. The molecule has 2 N–H and O–H groups in total. The Morgan fingerprint density at radius 1 is 1.41 bits per heavy atom. The summed E-state index contributed by atoms with van der Waals surface area (Å²) in [5.74, 6) is -0.0374. The van der Waals surface area contributed by atoms with Gasteiger partial charge in [0.15, 0.2) is 9.84 Å². The summed E-state index contributed by atoms with van der Waals surface area (Å²) in [7, 11) is -1.35. The third-order valence-electron chi connectivity index (χ3n) is 3.86. The molecule has 1 aliphatic carbocycles. The van der Waals surface area contributed by atoms with Crippen LogP contribution >= 0.6 is 0 Å². The molecule has 0 bridgehead atoms. The molecule has 17 heavy (non-hydrogen) atoms. The quantitative estimate of drug-likeness (QED) is 0.679. The van der Waals surface area contributed by atoms with Gasteiger partial charge in [0.2, 0.25) is 0 Å². The van der Waals surface area contributed by atoms with Crippen LogP contribution in [0, 0.1) is 5.41 Å². The summed E-state index contributed by atoms with van der Waals surface area (Å²) in [5, 5.41) is 12.9. The van der Waals surface area contributed by atoms with Crippen molar-refractivity contribution in [3.8, 4) is 0 Å². The molecule has 2 atom stereocenters. The highest BCUT2D eigenvalue weighted by molar-refractivity contribution is 7.91. The summed E-state index contributed by atoms with van der Waals surface area (Å²) < 4.78 is 27.8. The topological polar surface area (TPSA) is 75.6 Å². The van der Waals surface area contributed by atoms with E-state index in [4.69, 9.17) is 4.74 Å². The van der Waals surface area contributed by atoms with E-state index >= 15 is 0 Å². The van der Waals surface area contributed by atoms with Gasteiger partial charge in [-0.2, -0.15) is 0 Å². The Labute approximate surface area is 102 Å². The molecular weight excluding hydrogens is 242 g/mol. The summed E-state index contributed by atoms with van der Waals surface area (Å²) in [4.78, 5) is 0. The number of aliphatic hydroxyl groups excluding tert-OH is 1. The number of ether oxygens (including phenoxy) is 1. The van der Waals surface area contributed by atoms with Crippen LogP contribution in [0.3, 0.4) is 0 Å². The Bertz CT molecular complexity index is 364. The smallest absolute Gasteiger partial charge is 0.154 e. The molecule has 1 saturated carbocycles. The first kappa shape index (κ1) is 13.3. The van der Waals surface area contributed by atoms with E-state index in [9.17, 15) is 13.5 Å². The minimum atomic E-state index is -3.05. The second-order valence-corrected chi connectivity index (χ2v) is 7.53. The zero-order valence-corrected chi connectivity index (χ0v) is 11.0. The van der Waals surface area contributed by atoms with Crippen molar-refractivity contribution in [2.75, 3.05) is 31.8 Å². The maximum Gasteiger partial charge on any atom is 0.154 e. The summed E-state index contributed by atoms with van der Waals surface area (Å²) in [5.41, 5.74) is 0.280. The molecule has 2 fully saturated rings. The second-order valence-electron chi connectivity index (χ2n) is 5.37. The van der Waals surface area contributed by atoms with Crippen LogP contribution in [-0.4, -0.2) is 57.4 Å². The van der Waals surface area contributed by atoms with E-state index in [1.54, 1.807) is 7.11 Å². The Kier molecular flexibility index (Phi) is 3.77. The van der Waals surface area contributed by atoms with E-state index in [0.29, 0.717) is 0 Å². The molecule has 100 valence electrons. The largest absolute Gasteiger partial charge is 0.390 e. The molecule has 2 rings (SSSR count). The predicted octanol–water partition coefficient (Wildman–Crippen LogP) is -0.449. The van der Waals surface area contributed by atoms with Crippen LogP contribution in [-0.2, 0) is 14.6 Å². The number of rotatable bonds is 6. The van der Waals surface area contributed by atoms with Gasteiger partial charge in [-0.1, -0.05) is 0 Å². The number of sulfone groups is 1. The first-order valence-electron chi connectivity index (χ1n) is 6.07. The number of hydrogen-bond acceptors (Lipinski definition) is 5. The van der Waals surface area contributed by atoms with Gasteiger partial charge in [-0.25, -0.2) is 8.42 Å². The van der Waals surface area contributed by atoms with Crippen molar-refractivity contribution in [2.45, 2.75) is 31.4 Å². The predicted molar refractivity (Wildman–Crippen MR) is 64.6 cm³/mol. The highest BCUT2D eigenvalue weighted by Crippen LogP contribution is 2.48.